The predicted octanol–water partition coefficient (Wildman–Crippen LogP) is 14.2. The van der Waals surface area contributed by atoms with E-state index in [4.69, 9.17) is 6.57 Å². The SMILES string of the molecule is [C-]#[N+]c1c(N(c2ccccc2)c2ccccc2[N+](=O)[O-])sc(C(=C2C=CC(=[N+](CC)c3ccccc3)C=C2)c2ccc(N(CC)c3ccccc3)cc2)c1-c1ccccc1. The van der Waals surface area contributed by atoms with Crippen molar-refractivity contribution in [2.75, 3.05) is 22.9 Å². The lowest BCUT2D eigenvalue weighted by Crippen LogP contribution is -2.15. The summed E-state index contributed by atoms with van der Waals surface area (Å²) >= 11 is 1.48. The molecule has 1 aromatic heterocycles. The van der Waals surface area contributed by atoms with Gasteiger partial charge in [0.05, 0.1) is 11.5 Å². The topological polar surface area (TPSA) is 57.0 Å². The molecule has 1 heterocycles. The molecule has 0 N–H and O–H groups in total. The van der Waals surface area contributed by atoms with Crippen LogP contribution in [0.1, 0.15) is 24.3 Å². The zero-order valence-electron chi connectivity index (χ0n) is 33.4. The summed E-state index contributed by atoms with van der Waals surface area (Å²) in [6.45, 7) is 14.7. The van der Waals surface area contributed by atoms with Crippen LogP contribution in [0.4, 0.5) is 44.8 Å². The van der Waals surface area contributed by atoms with Crippen LogP contribution in [0.2, 0.25) is 0 Å². The second-order valence-corrected chi connectivity index (χ2v) is 15.0. The molecule has 0 atom stereocenters. The minimum atomic E-state index is -0.361. The number of benzene rings is 6. The number of para-hydroxylation sites is 5. The summed E-state index contributed by atoms with van der Waals surface area (Å²) in [5.41, 5.74) is 10.3. The molecule has 7 nitrogen and oxygen atoms in total. The average Bonchev–Trinajstić information content (AvgIpc) is 3.68. The summed E-state index contributed by atoms with van der Waals surface area (Å²) in [7, 11) is 0. The molecule has 8 heteroatoms. The van der Waals surface area contributed by atoms with Crippen molar-refractivity contribution >= 4 is 67.4 Å². The highest BCUT2D eigenvalue weighted by atomic mass is 32.1. The van der Waals surface area contributed by atoms with Crippen LogP contribution in [0.5, 0.6) is 0 Å². The van der Waals surface area contributed by atoms with Crippen molar-refractivity contribution in [3.8, 4) is 11.1 Å². The fourth-order valence-electron chi connectivity index (χ4n) is 7.75. The van der Waals surface area contributed by atoms with E-state index in [1.807, 2.05) is 77.7 Å². The third-order valence-electron chi connectivity index (χ3n) is 10.5. The highest BCUT2D eigenvalue weighted by molar-refractivity contribution is 7.18. The van der Waals surface area contributed by atoms with Gasteiger partial charge in [0.2, 0.25) is 17.1 Å². The Hall–Kier alpha value is -7.60. The first-order valence-corrected chi connectivity index (χ1v) is 20.7. The number of nitro benzene ring substituents is 1. The quantitative estimate of drug-likeness (QED) is 0.0534. The molecule has 292 valence electrons. The molecule has 0 saturated carbocycles. The van der Waals surface area contributed by atoms with E-state index in [-0.39, 0.29) is 10.6 Å². The van der Waals surface area contributed by atoms with Crippen LogP contribution in [0.15, 0.2) is 200 Å². The maximum absolute atomic E-state index is 12.6. The van der Waals surface area contributed by atoms with Crippen molar-refractivity contribution in [1.29, 1.82) is 0 Å². The fraction of sp³-hybridized carbons (Fsp3) is 0.0769. The normalized spacial score (nSPS) is 11.9. The predicted molar refractivity (Wildman–Crippen MR) is 249 cm³/mol. The number of rotatable bonds is 12. The summed E-state index contributed by atoms with van der Waals surface area (Å²) in [6.07, 6.45) is 8.64. The first kappa shape index (κ1) is 39.2. The zero-order chi connectivity index (χ0) is 41.4. The van der Waals surface area contributed by atoms with Gasteiger partial charge in [0.15, 0.2) is 0 Å². The molecular weight excluding hydrogens is 759 g/mol. The van der Waals surface area contributed by atoms with Gasteiger partial charge >= 0.3 is 0 Å². The average molecular weight is 801 g/mol. The highest BCUT2D eigenvalue weighted by Gasteiger charge is 2.31. The van der Waals surface area contributed by atoms with E-state index in [0.29, 0.717) is 22.1 Å². The summed E-state index contributed by atoms with van der Waals surface area (Å²) in [5.74, 6) is 0. The Bertz CT molecular complexity index is 2790. The molecule has 60 heavy (non-hydrogen) atoms. The number of thiophene rings is 1. The third kappa shape index (κ3) is 7.82. The smallest absolute Gasteiger partial charge is 0.293 e. The summed E-state index contributed by atoms with van der Waals surface area (Å²) < 4.78 is 2.28. The van der Waals surface area contributed by atoms with Crippen LogP contribution >= 0.6 is 11.3 Å². The number of nitro groups is 1. The van der Waals surface area contributed by atoms with E-state index < -0.39 is 0 Å². The minimum absolute atomic E-state index is 0.0540. The lowest BCUT2D eigenvalue weighted by Gasteiger charge is -2.24. The Labute approximate surface area is 355 Å². The van der Waals surface area contributed by atoms with Gasteiger partial charge in [0, 0.05) is 70.0 Å². The molecule has 0 bridgehead atoms. The zero-order valence-corrected chi connectivity index (χ0v) is 34.2. The van der Waals surface area contributed by atoms with Crippen LogP contribution in [-0.2, 0) is 0 Å². The highest BCUT2D eigenvalue weighted by Crippen LogP contribution is 2.56. The van der Waals surface area contributed by atoms with E-state index in [9.17, 15) is 10.1 Å². The molecule has 0 unspecified atom stereocenters. The Kier molecular flexibility index (Phi) is 11.7. The molecule has 1 aliphatic carbocycles. The standard InChI is InChI=1S/C52H42N5O2S/c1-4-54(41-22-12-7-13-23-41)43-34-30-39(31-35-43)48(40-32-36-44(37-33-40)55(5-2)42-24-14-8-15-25-42)51-49(38-20-10-6-11-21-38)50(53-3)52(60-51)56(45-26-16-9-17-27-45)46-28-18-19-29-47(46)57(58)59/h6-37H,4-5H2,1-2H3/q+1. The maximum atomic E-state index is 12.6. The second kappa shape index (κ2) is 17.9. The van der Waals surface area contributed by atoms with Crippen molar-refractivity contribution in [1.82, 2.24) is 0 Å². The van der Waals surface area contributed by atoms with Gasteiger partial charge in [-0.15, -0.1) is 11.3 Å². The fourth-order valence-corrected chi connectivity index (χ4v) is 9.14. The van der Waals surface area contributed by atoms with Gasteiger partial charge < -0.3 is 9.80 Å². The molecule has 6 aromatic carbocycles. The van der Waals surface area contributed by atoms with E-state index in [1.54, 1.807) is 18.2 Å². The number of hydrogen-bond donors (Lipinski definition) is 0. The van der Waals surface area contributed by atoms with Gasteiger partial charge in [-0.05, 0) is 85.2 Å². The number of allylic oxidation sites excluding steroid dienone is 5. The Morgan fingerprint density at radius 3 is 1.80 bits per heavy atom. The van der Waals surface area contributed by atoms with Crippen molar-refractivity contribution in [3.05, 3.63) is 232 Å². The number of nitrogens with zero attached hydrogens (tertiary/aromatic N) is 5. The maximum Gasteiger partial charge on any atom is 0.293 e. The van der Waals surface area contributed by atoms with E-state index in [0.717, 1.165) is 68.6 Å². The van der Waals surface area contributed by atoms with Crippen LogP contribution in [0.3, 0.4) is 0 Å². The monoisotopic (exact) mass is 800 g/mol. The molecule has 0 spiro atoms. The van der Waals surface area contributed by atoms with Gasteiger partial charge in [0.25, 0.3) is 5.69 Å². The molecule has 7 aromatic rings. The molecule has 0 saturated heterocycles. The summed E-state index contributed by atoms with van der Waals surface area (Å²) in [5, 5.41) is 13.2. The van der Waals surface area contributed by atoms with Crippen molar-refractivity contribution in [2.24, 2.45) is 0 Å². The van der Waals surface area contributed by atoms with Gasteiger partial charge in [-0.2, -0.15) is 4.58 Å². The van der Waals surface area contributed by atoms with Gasteiger partial charge in [-0.3, -0.25) is 10.1 Å². The lowest BCUT2D eigenvalue weighted by atomic mass is 9.91. The molecular formula is C52H42N5O2S+. The van der Waals surface area contributed by atoms with Crippen molar-refractivity contribution in [2.45, 2.75) is 13.8 Å². The van der Waals surface area contributed by atoms with Gasteiger partial charge in [-0.1, -0.05) is 109 Å². The van der Waals surface area contributed by atoms with Gasteiger partial charge in [-0.25, -0.2) is 4.85 Å². The first-order chi connectivity index (χ1) is 29.5. The van der Waals surface area contributed by atoms with Crippen LogP contribution < -0.4 is 9.80 Å². The molecule has 0 radical (unpaired) electrons. The van der Waals surface area contributed by atoms with Crippen molar-refractivity contribution < 1.29 is 9.50 Å². The van der Waals surface area contributed by atoms with E-state index in [2.05, 4.69) is 125 Å². The molecule has 0 amide bonds. The molecule has 0 aliphatic heterocycles. The molecule has 0 fully saturated rings. The second-order valence-electron chi connectivity index (χ2n) is 14.0. The molecule has 1 aliphatic rings. The van der Waals surface area contributed by atoms with Crippen LogP contribution in [-0.4, -0.2) is 28.3 Å². The van der Waals surface area contributed by atoms with E-state index in [1.165, 1.54) is 17.4 Å². The van der Waals surface area contributed by atoms with Crippen LogP contribution in [0.25, 0.3) is 21.5 Å². The Morgan fingerprint density at radius 2 is 1.22 bits per heavy atom. The largest absolute Gasteiger partial charge is 0.342 e. The molecule has 8 rings (SSSR count). The van der Waals surface area contributed by atoms with Crippen molar-refractivity contribution in [3.63, 3.8) is 0 Å². The Morgan fingerprint density at radius 1 is 0.667 bits per heavy atom. The summed E-state index contributed by atoms with van der Waals surface area (Å²) in [6, 6.07) is 55.7. The lowest BCUT2D eigenvalue weighted by molar-refractivity contribution is -0.434. The number of hydrogen-bond acceptors (Lipinski definition) is 5. The van der Waals surface area contributed by atoms with Crippen LogP contribution in [0, 0.1) is 16.7 Å². The third-order valence-corrected chi connectivity index (χ3v) is 11.7. The Balaban J connectivity index is 1.40. The summed E-state index contributed by atoms with van der Waals surface area (Å²) in [4.78, 5) is 21.5. The van der Waals surface area contributed by atoms with E-state index >= 15 is 0 Å². The first-order valence-electron chi connectivity index (χ1n) is 19.9. The van der Waals surface area contributed by atoms with Gasteiger partial charge in [0.1, 0.15) is 17.2 Å². The minimum Gasteiger partial charge on any atom is -0.342 e. The number of anilines is 5.